The first-order valence-electron chi connectivity index (χ1n) is 4.02. The predicted molar refractivity (Wildman–Crippen MR) is 50.1 cm³/mol. The third kappa shape index (κ3) is 2.28. The Bertz CT molecular complexity index is 359. The Morgan fingerprint density at radius 2 is 2.57 bits per heavy atom. The molecule has 0 aliphatic heterocycles. The second kappa shape index (κ2) is 3.86. The number of nitro groups is 1. The van der Waals surface area contributed by atoms with Gasteiger partial charge in [-0.2, -0.15) is 5.10 Å². The normalized spacial score (nSPS) is 12.4. The zero-order valence-corrected chi connectivity index (χ0v) is 7.67. The number of rotatable bonds is 4. The minimum Gasteiger partial charge on any atom is -0.388 e. The van der Waals surface area contributed by atoms with Crippen LogP contribution in [0.4, 0.5) is 5.69 Å². The van der Waals surface area contributed by atoms with E-state index in [-0.39, 0.29) is 17.6 Å². The molecule has 1 rings (SSSR count). The fourth-order valence-electron chi connectivity index (χ4n) is 1.08. The summed E-state index contributed by atoms with van der Waals surface area (Å²) in [6.45, 7) is 1.79. The molecule has 1 heterocycles. The van der Waals surface area contributed by atoms with Crippen molar-refractivity contribution in [3.63, 3.8) is 0 Å². The van der Waals surface area contributed by atoms with E-state index in [1.54, 1.807) is 6.92 Å². The van der Waals surface area contributed by atoms with Crippen LogP contribution < -0.4 is 5.73 Å². The molecular weight excluding hydrogens is 186 g/mol. The molecular formula is C7H11N5O2. The lowest BCUT2D eigenvalue weighted by atomic mass is 10.2. The van der Waals surface area contributed by atoms with E-state index in [1.165, 1.54) is 17.1 Å². The Labute approximate surface area is 80.2 Å². The van der Waals surface area contributed by atoms with E-state index in [0.29, 0.717) is 6.42 Å². The number of amidine groups is 1. The smallest absolute Gasteiger partial charge is 0.307 e. The Kier molecular flexibility index (Phi) is 2.80. The summed E-state index contributed by atoms with van der Waals surface area (Å²) in [5.41, 5.74) is 5.15. The van der Waals surface area contributed by atoms with Gasteiger partial charge in [0.25, 0.3) is 0 Å². The summed E-state index contributed by atoms with van der Waals surface area (Å²) in [5.74, 6) is 0.0376. The average molecular weight is 197 g/mol. The molecule has 1 aromatic heterocycles. The summed E-state index contributed by atoms with van der Waals surface area (Å²) < 4.78 is 1.43. The van der Waals surface area contributed by atoms with Crippen LogP contribution in [0.25, 0.3) is 0 Å². The largest absolute Gasteiger partial charge is 0.388 e. The lowest BCUT2D eigenvalue weighted by Crippen LogP contribution is -2.16. The Morgan fingerprint density at radius 1 is 1.93 bits per heavy atom. The number of hydrogen-bond donors (Lipinski definition) is 2. The maximum atomic E-state index is 10.3. The van der Waals surface area contributed by atoms with Gasteiger partial charge in [0.15, 0.2) is 0 Å². The van der Waals surface area contributed by atoms with Gasteiger partial charge < -0.3 is 5.73 Å². The topological polar surface area (TPSA) is 111 Å². The number of aromatic nitrogens is 2. The van der Waals surface area contributed by atoms with Gasteiger partial charge in [-0.3, -0.25) is 20.2 Å². The van der Waals surface area contributed by atoms with E-state index in [1.807, 2.05) is 0 Å². The van der Waals surface area contributed by atoms with E-state index < -0.39 is 4.92 Å². The molecule has 1 aromatic rings. The molecule has 0 bridgehead atoms. The van der Waals surface area contributed by atoms with Crippen LogP contribution >= 0.6 is 0 Å². The van der Waals surface area contributed by atoms with E-state index >= 15 is 0 Å². The van der Waals surface area contributed by atoms with E-state index in [9.17, 15) is 10.1 Å². The molecule has 0 radical (unpaired) electrons. The molecule has 7 nitrogen and oxygen atoms in total. The highest BCUT2D eigenvalue weighted by molar-refractivity contribution is 5.77. The second-order valence-electron chi connectivity index (χ2n) is 3.01. The molecule has 14 heavy (non-hydrogen) atoms. The summed E-state index contributed by atoms with van der Waals surface area (Å²) in [7, 11) is 0. The molecule has 0 aliphatic rings. The van der Waals surface area contributed by atoms with Gasteiger partial charge in [0.1, 0.15) is 12.4 Å². The number of nitrogens with two attached hydrogens (primary N) is 1. The van der Waals surface area contributed by atoms with Crippen molar-refractivity contribution in [2.75, 3.05) is 0 Å². The number of nitrogens with zero attached hydrogens (tertiary/aromatic N) is 3. The number of hydrogen-bond acceptors (Lipinski definition) is 4. The molecule has 0 amide bonds. The van der Waals surface area contributed by atoms with Crippen LogP contribution in [-0.4, -0.2) is 20.5 Å². The summed E-state index contributed by atoms with van der Waals surface area (Å²) in [6, 6.07) is -0.138. The SMILES string of the molecule is CC(CC(=N)N)n1cc([N+](=O)[O-])cn1. The van der Waals surface area contributed by atoms with Crippen molar-refractivity contribution in [2.45, 2.75) is 19.4 Å². The highest BCUT2D eigenvalue weighted by atomic mass is 16.6. The van der Waals surface area contributed by atoms with Crippen LogP contribution in [0.15, 0.2) is 12.4 Å². The van der Waals surface area contributed by atoms with Crippen LogP contribution in [-0.2, 0) is 0 Å². The lowest BCUT2D eigenvalue weighted by molar-refractivity contribution is -0.385. The van der Waals surface area contributed by atoms with Gasteiger partial charge in [0.2, 0.25) is 0 Å². The van der Waals surface area contributed by atoms with Crippen molar-refractivity contribution in [2.24, 2.45) is 5.73 Å². The maximum Gasteiger partial charge on any atom is 0.307 e. The van der Waals surface area contributed by atoms with Gasteiger partial charge >= 0.3 is 5.69 Å². The zero-order valence-electron chi connectivity index (χ0n) is 7.67. The molecule has 0 aliphatic carbocycles. The fraction of sp³-hybridized carbons (Fsp3) is 0.429. The predicted octanol–water partition coefficient (Wildman–Crippen LogP) is 0.678. The molecule has 0 saturated heterocycles. The Morgan fingerprint density at radius 3 is 3.00 bits per heavy atom. The van der Waals surface area contributed by atoms with Crippen molar-refractivity contribution >= 4 is 11.5 Å². The molecule has 0 fully saturated rings. The van der Waals surface area contributed by atoms with Crippen molar-refractivity contribution in [1.82, 2.24) is 9.78 Å². The van der Waals surface area contributed by atoms with Gasteiger partial charge in [0, 0.05) is 6.42 Å². The van der Waals surface area contributed by atoms with Crippen LogP contribution in [0, 0.1) is 15.5 Å². The van der Waals surface area contributed by atoms with Crippen molar-refractivity contribution in [3.05, 3.63) is 22.5 Å². The summed E-state index contributed by atoms with van der Waals surface area (Å²) in [4.78, 5) is 9.83. The molecule has 76 valence electrons. The van der Waals surface area contributed by atoms with Crippen LogP contribution in [0.1, 0.15) is 19.4 Å². The summed E-state index contributed by atoms with van der Waals surface area (Å²) >= 11 is 0. The van der Waals surface area contributed by atoms with Crippen molar-refractivity contribution < 1.29 is 4.92 Å². The lowest BCUT2D eigenvalue weighted by Gasteiger charge is -2.09. The molecule has 7 heteroatoms. The summed E-state index contributed by atoms with van der Waals surface area (Å²) in [5, 5.41) is 21.2. The van der Waals surface area contributed by atoms with Crippen molar-refractivity contribution in [3.8, 4) is 0 Å². The zero-order chi connectivity index (χ0) is 10.7. The van der Waals surface area contributed by atoms with Crippen molar-refractivity contribution in [1.29, 1.82) is 5.41 Å². The third-order valence-corrected chi connectivity index (χ3v) is 1.77. The molecule has 0 spiro atoms. The van der Waals surface area contributed by atoms with E-state index in [0.717, 1.165) is 0 Å². The van der Waals surface area contributed by atoms with Gasteiger partial charge in [-0.05, 0) is 6.92 Å². The first-order chi connectivity index (χ1) is 6.50. The highest BCUT2D eigenvalue weighted by Crippen LogP contribution is 2.14. The summed E-state index contributed by atoms with van der Waals surface area (Å²) in [6.07, 6.45) is 2.84. The highest BCUT2D eigenvalue weighted by Gasteiger charge is 2.13. The molecule has 0 saturated carbocycles. The Balaban J connectivity index is 2.76. The molecule has 1 unspecified atom stereocenters. The first-order valence-corrected chi connectivity index (χ1v) is 4.02. The van der Waals surface area contributed by atoms with Gasteiger partial charge in [-0.15, -0.1) is 0 Å². The third-order valence-electron chi connectivity index (χ3n) is 1.77. The average Bonchev–Trinajstić information content (AvgIpc) is 2.50. The maximum absolute atomic E-state index is 10.3. The van der Waals surface area contributed by atoms with Gasteiger partial charge in [0.05, 0.1) is 16.8 Å². The fourth-order valence-corrected chi connectivity index (χ4v) is 1.08. The Hall–Kier alpha value is -1.92. The monoisotopic (exact) mass is 197 g/mol. The van der Waals surface area contributed by atoms with Gasteiger partial charge in [-0.25, -0.2) is 0 Å². The minimum absolute atomic E-state index is 0.0376. The van der Waals surface area contributed by atoms with E-state index in [2.05, 4.69) is 5.10 Å². The standard InChI is InChI=1S/C7H11N5O2/c1-5(2-7(8)9)11-4-6(3-10-11)12(13)14/h3-5H,2H2,1H3,(H3,8,9). The minimum atomic E-state index is -0.510. The second-order valence-corrected chi connectivity index (χ2v) is 3.01. The van der Waals surface area contributed by atoms with Crippen LogP contribution in [0.3, 0.4) is 0 Å². The molecule has 1 atom stereocenters. The van der Waals surface area contributed by atoms with Crippen LogP contribution in [0.5, 0.6) is 0 Å². The first kappa shape index (κ1) is 10.2. The molecule has 3 N–H and O–H groups in total. The van der Waals surface area contributed by atoms with E-state index in [4.69, 9.17) is 11.1 Å². The van der Waals surface area contributed by atoms with Gasteiger partial charge in [-0.1, -0.05) is 0 Å². The quantitative estimate of drug-likeness (QED) is 0.320. The molecule has 0 aromatic carbocycles. The van der Waals surface area contributed by atoms with Crippen LogP contribution in [0.2, 0.25) is 0 Å². The number of nitrogens with one attached hydrogen (secondary N) is 1.